The largest absolute Gasteiger partial charge is 0.507 e. The van der Waals surface area contributed by atoms with Crippen LogP contribution in [0.4, 0.5) is 0 Å². The lowest BCUT2D eigenvalue weighted by atomic mass is 9.95. The van der Waals surface area contributed by atoms with E-state index in [2.05, 4.69) is 11.6 Å². The molecule has 0 unspecified atom stereocenters. The number of ether oxygens (including phenoxy) is 1. The minimum atomic E-state index is -0.726. The summed E-state index contributed by atoms with van der Waals surface area (Å²) in [5.41, 5.74) is 2.29. The summed E-state index contributed by atoms with van der Waals surface area (Å²) >= 11 is 0. The molecule has 34 heavy (non-hydrogen) atoms. The fraction of sp³-hybridized carbons (Fsp3) is 0.222. The number of rotatable bonds is 9. The number of aryl methyl sites for hydroxylation is 2. The van der Waals surface area contributed by atoms with Gasteiger partial charge in [-0.05, 0) is 31.0 Å². The van der Waals surface area contributed by atoms with E-state index in [1.54, 1.807) is 42.9 Å². The Morgan fingerprint density at radius 3 is 2.68 bits per heavy atom. The summed E-state index contributed by atoms with van der Waals surface area (Å²) < 4.78 is 7.59. The second-order valence-electron chi connectivity index (χ2n) is 8.18. The number of imidazole rings is 1. The molecule has 1 atom stereocenters. The van der Waals surface area contributed by atoms with E-state index >= 15 is 0 Å². The molecule has 7 nitrogen and oxygen atoms in total. The zero-order valence-electron chi connectivity index (χ0n) is 19.1. The van der Waals surface area contributed by atoms with Gasteiger partial charge in [-0.25, -0.2) is 4.98 Å². The minimum absolute atomic E-state index is 0.0809. The summed E-state index contributed by atoms with van der Waals surface area (Å²) in [5.74, 6) is -0.903. The Kier molecular flexibility index (Phi) is 6.92. The molecular weight excluding hydrogens is 430 g/mol. The first-order valence-corrected chi connectivity index (χ1v) is 11.1. The van der Waals surface area contributed by atoms with Crippen LogP contribution in [0.2, 0.25) is 0 Å². The topological polar surface area (TPSA) is 84.7 Å². The van der Waals surface area contributed by atoms with E-state index in [0.29, 0.717) is 43.0 Å². The molecule has 1 aliphatic rings. The normalized spacial score (nSPS) is 17.2. The van der Waals surface area contributed by atoms with Crippen LogP contribution in [0.25, 0.3) is 5.76 Å². The maximum Gasteiger partial charge on any atom is 0.295 e. The molecule has 0 bridgehead atoms. The van der Waals surface area contributed by atoms with Gasteiger partial charge in [-0.2, -0.15) is 0 Å². The molecule has 1 saturated heterocycles. The van der Waals surface area contributed by atoms with Crippen LogP contribution in [0.1, 0.15) is 29.2 Å². The Morgan fingerprint density at radius 2 is 1.97 bits per heavy atom. The van der Waals surface area contributed by atoms with Crippen LogP contribution in [-0.2, 0) is 16.1 Å². The number of carbonyl (C=O) groups excluding carboxylic acids is 2. The number of ketones is 1. The van der Waals surface area contributed by atoms with Crippen molar-refractivity contribution in [1.82, 2.24) is 14.5 Å². The average Bonchev–Trinajstić information content (AvgIpc) is 3.45. The predicted molar refractivity (Wildman–Crippen MR) is 129 cm³/mol. The number of aliphatic hydroxyl groups excluding tert-OH is 1. The maximum atomic E-state index is 13.2. The van der Waals surface area contributed by atoms with Crippen molar-refractivity contribution in [2.45, 2.75) is 25.9 Å². The summed E-state index contributed by atoms with van der Waals surface area (Å²) in [6, 6.07) is 13.7. The van der Waals surface area contributed by atoms with Gasteiger partial charge < -0.3 is 19.3 Å². The smallest absolute Gasteiger partial charge is 0.295 e. The minimum Gasteiger partial charge on any atom is -0.507 e. The van der Waals surface area contributed by atoms with Crippen molar-refractivity contribution in [3.05, 3.63) is 102 Å². The lowest BCUT2D eigenvalue weighted by Crippen LogP contribution is -2.31. The third-order valence-corrected chi connectivity index (χ3v) is 5.78. The van der Waals surface area contributed by atoms with E-state index in [1.165, 1.54) is 4.90 Å². The highest BCUT2D eigenvalue weighted by atomic mass is 16.5. The van der Waals surface area contributed by atoms with Crippen molar-refractivity contribution < 1.29 is 19.4 Å². The molecule has 174 valence electrons. The van der Waals surface area contributed by atoms with Crippen molar-refractivity contribution in [3.63, 3.8) is 0 Å². The monoisotopic (exact) mass is 457 g/mol. The number of amides is 1. The summed E-state index contributed by atoms with van der Waals surface area (Å²) in [5, 5.41) is 11.2. The Morgan fingerprint density at radius 1 is 1.18 bits per heavy atom. The molecule has 1 N–H and O–H groups in total. The predicted octanol–water partition coefficient (Wildman–Crippen LogP) is 4.27. The number of hydrogen-bond acceptors (Lipinski definition) is 5. The number of likely N-dealkylation sites (tertiary alicyclic amines) is 1. The lowest BCUT2D eigenvalue weighted by Gasteiger charge is -2.25. The summed E-state index contributed by atoms with van der Waals surface area (Å²) in [4.78, 5) is 31.8. The third kappa shape index (κ3) is 4.78. The van der Waals surface area contributed by atoms with Crippen LogP contribution in [0, 0.1) is 6.92 Å². The number of aromatic nitrogens is 2. The maximum absolute atomic E-state index is 13.2. The molecular formula is C27H27N3O4. The van der Waals surface area contributed by atoms with E-state index in [9.17, 15) is 14.7 Å². The highest BCUT2D eigenvalue weighted by Crippen LogP contribution is 2.40. The SMILES string of the molecule is C=CCOc1cccc([C@H]2/C(=C(\O)c3ccc(C)cc3)C(=O)C(=O)N2CCCn2ccnc2)c1. The number of nitrogens with zero attached hydrogens (tertiary/aromatic N) is 3. The Bertz CT molecular complexity index is 1210. The van der Waals surface area contributed by atoms with Crippen LogP contribution in [0.15, 0.2) is 85.5 Å². The molecule has 7 heteroatoms. The average molecular weight is 458 g/mol. The number of aliphatic hydroxyl groups is 1. The van der Waals surface area contributed by atoms with Gasteiger partial charge in [0.1, 0.15) is 18.1 Å². The lowest BCUT2D eigenvalue weighted by molar-refractivity contribution is -0.139. The molecule has 3 aromatic rings. The number of hydrogen-bond donors (Lipinski definition) is 1. The first kappa shape index (κ1) is 23.0. The van der Waals surface area contributed by atoms with Gasteiger partial charge >= 0.3 is 0 Å². The van der Waals surface area contributed by atoms with Crippen LogP contribution in [0.3, 0.4) is 0 Å². The first-order valence-electron chi connectivity index (χ1n) is 11.1. The van der Waals surface area contributed by atoms with Crippen LogP contribution < -0.4 is 4.74 Å². The summed E-state index contributed by atoms with van der Waals surface area (Å²) in [7, 11) is 0. The molecule has 0 saturated carbocycles. The highest BCUT2D eigenvalue weighted by Gasteiger charge is 2.45. The van der Waals surface area contributed by atoms with Gasteiger partial charge in [0.2, 0.25) is 0 Å². The van der Waals surface area contributed by atoms with Gasteiger partial charge in [0, 0.05) is 31.0 Å². The Balaban J connectivity index is 1.73. The zero-order valence-corrected chi connectivity index (χ0v) is 19.1. The fourth-order valence-electron chi connectivity index (χ4n) is 4.10. The van der Waals surface area contributed by atoms with Gasteiger partial charge in [-0.1, -0.05) is 54.6 Å². The highest BCUT2D eigenvalue weighted by molar-refractivity contribution is 6.46. The van der Waals surface area contributed by atoms with Gasteiger partial charge in [0.15, 0.2) is 0 Å². The molecule has 1 amide bonds. The Labute approximate surface area is 198 Å². The molecule has 1 aliphatic heterocycles. The van der Waals surface area contributed by atoms with E-state index in [-0.39, 0.29) is 11.3 Å². The van der Waals surface area contributed by atoms with Crippen LogP contribution >= 0.6 is 0 Å². The second kappa shape index (κ2) is 10.2. The van der Waals surface area contributed by atoms with E-state index in [4.69, 9.17) is 4.74 Å². The summed E-state index contributed by atoms with van der Waals surface area (Å²) in [6.45, 7) is 6.93. The fourth-order valence-corrected chi connectivity index (χ4v) is 4.10. The molecule has 0 aliphatic carbocycles. The summed E-state index contributed by atoms with van der Waals surface area (Å²) in [6.07, 6.45) is 7.53. The molecule has 0 spiro atoms. The van der Waals surface area contributed by atoms with Gasteiger partial charge in [-0.15, -0.1) is 0 Å². The standard InChI is InChI=1S/C27H27N3O4/c1-3-16-34-22-7-4-6-21(17-22)24-23(25(31)20-10-8-19(2)9-11-20)26(32)27(33)30(24)14-5-13-29-15-12-28-18-29/h3-4,6-12,15,17-18,24,31H,1,5,13-14,16H2,2H3/b25-23+/t24-/m0/s1. The van der Waals surface area contributed by atoms with Crippen molar-refractivity contribution in [1.29, 1.82) is 0 Å². The number of benzene rings is 2. The molecule has 1 fully saturated rings. The van der Waals surface area contributed by atoms with Gasteiger partial charge in [0.25, 0.3) is 11.7 Å². The van der Waals surface area contributed by atoms with Crippen molar-refractivity contribution in [3.8, 4) is 5.75 Å². The second-order valence-corrected chi connectivity index (χ2v) is 8.18. The number of carbonyl (C=O) groups is 2. The van der Waals surface area contributed by atoms with Crippen LogP contribution in [0.5, 0.6) is 5.75 Å². The zero-order chi connectivity index (χ0) is 24.1. The number of Topliss-reactive ketones (excluding diaryl/α,β-unsaturated/α-hetero) is 1. The first-order chi connectivity index (χ1) is 16.5. The van der Waals surface area contributed by atoms with Crippen molar-refractivity contribution in [2.24, 2.45) is 0 Å². The van der Waals surface area contributed by atoms with Gasteiger partial charge in [0.05, 0.1) is 17.9 Å². The van der Waals surface area contributed by atoms with E-state index in [0.717, 1.165) is 5.56 Å². The Hall–Kier alpha value is -4.13. The van der Waals surface area contributed by atoms with Crippen LogP contribution in [-0.4, -0.2) is 44.4 Å². The molecule has 2 aromatic carbocycles. The van der Waals surface area contributed by atoms with Gasteiger partial charge in [-0.3, -0.25) is 9.59 Å². The third-order valence-electron chi connectivity index (χ3n) is 5.78. The van der Waals surface area contributed by atoms with Crippen molar-refractivity contribution in [2.75, 3.05) is 13.2 Å². The quantitative estimate of drug-likeness (QED) is 0.225. The van der Waals surface area contributed by atoms with E-state index in [1.807, 2.05) is 42.0 Å². The molecule has 4 rings (SSSR count). The van der Waals surface area contributed by atoms with Crippen molar-refractivity contribution >= 4 is 17.4 Å². The molecule has 1 aromatic heterocycles. The molecule has 0 radical (unpaired) electrons. The van der Waals surface area contributed by atoms with E-state index < -0.39 is 17.7 Å². The molecule has 2 heterocycles.